The number of rotatable bonds is 9. The molecule has 2 aromatic carbocycles. The number of hydrogen-bond acceptors (Lipinski definition) is 8. The summed E-state index contributed by atoms with van der Waals surface area (Å²) in [4.78, 5) is 28.4. The summed E-state index contributed by atoms with van der Waals surface area (Å²) in [6.07, 6.45) is 1.68. The second-order valence-corrected chi connectivity index (χ2v) is 8.16. The lowest BCUT2D eigenvalue weighted by Crippen LogP contribution is -2.12. The molecule has 9 heteroatoms. The van der Waals surface area contributed by atoms with Gasteiger partial charge in [0, 0.05) is 0 Å². The van der Waals surface area contributed by atoms with Crippen LogP contribution >= 0.6 is 11.8 Å². The second kappa shape index (κ2) is 11.4. The Labute approximate surface area is 201 Å². The highest BCUT2D eigenvalue weighted by Crippen LogP contribution is 2.41. The van der Waals surface area contributed by atoms with Crippen molar-refractivity contribution < 1.29 is 34.0 Å². The van der Waals surface area contributed by atoms with Crippen molar-refractivity contribution in [3.8, 4) is 11.5 Å². The molecule has 0 fully saturated rings. The molecule has 0 unspecified atom stereocenters. The normalized spacial score (nSPS) is 15.6. The van der Waals surface area contributed by atoms with Crippen LogP contribution in [0, 0.1) is 6.92 Å². The number of esters is 1. The minimum atomic E-state index is -1.10. The SMILES string of the molecule is CCOC(=O)C1=C(O)/C(=C\c2ccc(OCC(=O)O)c(OCC)c2)SC1=Nc1ccc(C)cc1. The Morgan fingerprint density at radius 3 is 2.41 bits per heavy atom. The zero-order chi connectivity index (χ0) is 24.7. The maximum atomic E-state index is 12.6. The van der Waals surface area contributed by atoms with Crippen LogP contribution in [0.15, 0.2) is 63.7 Å². The molecular formula is C25H25NO7S. The van der Waals surface area contributed by atoms with Crippen molar-refractivity contribution in [2.75, 3.05) is 19.8 Å². The average molecular weight is 484 g/mol. The number of carbonyl (C=O) groups is 2. The molecule has 1 aliphatic heterocycles. The largest absolute Gasteiger partial charge is 0.506 e. The highest BCUT2D eigenvalue weighted by molar-refractivity contribution is 8.18. The van der Waals surface area contributed by atoms with Gasteiger partial charge >= 0.3 is 11.9 Å². The maximum Gasteiger partial charge on any atom is 0.344 e. The van der Waals surface area contributed by atoms with Crippen molar-refractivity contribution in [3.63, 3.8) is 0 Å². The van der Waals surface area contributed by atoms with Crippen LogP contribution in [0.2, 0.25) is 0 Å². The van der Waals surface area contributed by atoms with Gasteiger partial charge < -0.3 is 24.4 Å². The second-order valence-electron chi connectivity index (χ2n) is 7.13. The molecule has 1 aliphatic rings. The van der Waals surface area contributed by atoms with E-state index in [0.717, 1.165) is 17.3 Å². The number of nitrogens with zero attached hydrogens (tertiary/aromatic N) is 1. The van der Waals surface area contributed by atoms with Gasteiger partial charge in [0.15, 0.2) is 18.1 Å². The predicted octanol–water partition coefficient (Wildman–Crippen LogP) is 5.05. The Morgan fingerprint density at radius 2 is 1.76 bits per heavy atom. The number of aliphatic imine (C=N–C) groups is 1. The first-order valence-corrected chi connectivity index (χ1v) is 11.4. The number of carbonyl (C=O) groups excluding carboxylic acids is 1. The van der Waals surface area contributed by atoms with Crippen LogP contribution in [0.4, 0.5) is 5.69 Å². The van der Waals surface area contributed by atoms with E-state index in [4.69, 9.17) is 19.3 Å². The molecule has 0 amide bonds. The molecule has 1 heterocycles. The van der Waals surface area contributed by atoms with Gasteiger partial charge in [0.1, 0.15) is 16.4 Å². The fraction of sp³-hybridized carbons (Fsp3) is 0.240. The van der Waals surface area contributed by atoms with E-state index in [1.165, 1.54) is 0 Å². The summed E-state index contributed by atoms with van der Waals surface area (Å²) in [6, 6.07) is 12.4. The molecule has 0 aliphatic carbocycles. The van der Waals surface area contributed by atoms with E-state index in [0.29, 0.717) is 39.3 Å². The van der Waals surface area contributed by atoms with Crippen LogP contribution in [-0.2, 0) is 14.3 Å². The van der Waals surface area contributed by atoms with Crippen molar-refractivity contribution >= 4 is 40.5 Å². The molecule has 178 valence electrons. The quantitative estimate of drug-likeness (QED) is 0.476. The van der Waals surface area contributed by atoms with Gasteiger partial charge in [0.05, 0.1) is 23.8 Å². The molecule has 0 bridgehead atoms. The van der Waals surface area contributed by atoms with Gasteiger partial charge in [-0.1, -0.05) is 35.5 Å². The zero-order valence-electron chi connectivity index (χ0n) is 19.0. The van der Waals surface area contributed by atoms with E-state index < -0.39 is 18.5 Å². The van der Waals surface area contributed by atoms with E-state index in [1.54, 1.807) is 38.1 Å². The fourth-order valence-electron chi connectivity index (χ4n) is 3.02. The van der Waals surface area contributed by atoms with Gasteiger partial charge in [-0.3, -0.25) is 0 Å². The number of aliphatic hydroxyl groups is 1. The molecular weight excluding hydrogens is 458 g/mol. The van der Waals surface area contributed by atoms with Gasteiger partial charge in [0.2, 0.25) is 0 Å². The summed E-state index contributed by atoms with van der Waals surface area (Å²) in [5, 5.41) is 20.1. The van der Waals surface area contributed by atoms with Crippen molar-refractivity contribution in [1.82, 2.24) is 0 Å². The predicted molar refractivity (Wildman–Crippen MR) is 131 cm³/mol. The standard InChI is InChI=1S/C25H25NO7S/c1-4-31-19-12-16(8-11-18(19)33-14-21(27)28)13-20-23(29)22(25(30)32-5-2)24(34-20)26-17-9-6-15(3)7-10-17/h6-13,29H,4-5,14H2,1-3H3,(H,27,28)/b20-13+,26-24?. The van der Waals surface area contributed by atoms with E-state index in [-0.39, 0.29) is 17.9 Å². The van der Waals surface area contributed by atoms with Crippen LogP contribution in [0.25, 0.3) is 6.08 Å². The van der Waals surface area contributed by atoms with E-state index in [2.05, 4.69) is 4.99 Å². The van der Waals surface area contributed by atoms with E-state index >= 15 is 0 Å². The van der Waals surface area contributed by atoms with Gasteiger partial charge in [-0.2, -0.15) is 0 Å². The molecule has 0 atom stereocenters. The zero-order valence-corrected chi connectivity index (χ0v) is 19.8. The highest BCUT2D eigenvalue weighted by Gasteiger charge is 2.33. The summed E-state index contributed by atoms with van der Waals surface area (Å²) >= 11 is 1.15. The van der Waals surface area contributed by atoms with Gasteiger partial charge in [-0.25, -0.2) is 14.6 Å². The molecule has 0 saturated heterocycles. The lowest BCUT2D eigenvalue weighted by molar-refractivity contribution is -0.139. The van der Waals surface area contributed by atoms with Crippen molar-refractivity contribution in [2.45, 2.75) is 20.8 Å². The summed E-state index contributed by atoms with van der Waals surface area (Å²) in [5.74, 6) is -1.33. The molecule has 0 aromatic heterocycles. The third-order valence-electron chi connectivity index (χ3n) is 4.55. The fourth-order valence-corrected chi connectivity index (χ4v) is 4.06. The minimum absolute atomic E-state index is 0.00474. The van der Waals surface area contributed by atoms with E-state index in [1.807, 2.05) is 31.2 Å². The van der Waals surface area contributed by atoms with Crippen LogP contribution in [-0.4, -0.2) is 47.0 Å². The van der Waals surface area contributed by atoms with Gasteiger partial charge in [-0.05, 0) is 56.7 Å². The first kappa shape index (κ1) is 24.9. The summed E-state index contributed by atoms with van der Waals surface area (Å²) in [7, 11) is 0. The Hall–Kier alpha value is -3.72. The first-order chi connectivity index (χ1) is 16.3. The Bertz CT molecular complexity index is 1170. The number of thioether (sulfide) groups is 1. The molecule has 0 radical (unpaired) electrons. The van der Waals surface area contributed by atoms with Crippen molar-refractivity contribution in [2.24, 2.45) is 4.99 Å². The average Bonchev–Trinajstić information content (AvgIpc) is 3.09. The van der Waals surface area contributed by atoms with Crippen molar-refractivity contribution in [1.29, 1.82) is 0 Å². The summed E-state index contributed by atoms with van der Waals surface area (Å²) in [5.41, 5.74) is 2.38. The number of benzene rings is 2. The maximum absolute atomic E-state index is 12.6. The van der Waals surface area contributed by atoms with Crippen molar-refractivity contribution in [3.05, 3.63) is 69.8 Å². The summed E-state index contributed by atoms with van der Waals surface area (Å²) in [6.45, 7) is 5.46. The van der Waals surface area contributed by atoms with Crippen LogP contribution in [0.3, 0.4) is 0 Å². The molecule has 8 nitrogen and oxygen atoms in total. The lowest BCUT2D eigenvalue weighted by Gasteiger charge is -2.11. The number of carboxylic acids is 1. The van der Waals surface area contributed by atoms with Crippen LogP contribution < -0.4 is 9.47 Å². The topological polar surface area (TPSA) is 115 Å². The molecule has 2 aromatic rings. The van der Waals surface area contributed by atoms with Gasteiger partial charge in [0.25, 0.3) is 0 Å². The summed E-state index contributed by atoms with van der Waals surface area (Å²) < 4.78 is 16.0. The number of aliphatic hydroxyl groups excluding tert-OH is 1. The first-order valence-electron chi connectivity index (χ1n) is 10.6. The number of carboxylic acid groups (broad SMARTS) is 1. The third-order valence-corrected chi connectivity index (χ3v) is 5.57. The Morgan fingerprint density at radius 1 is 1.03 bits per heavy atom. The Kier molecular flexibility index (Phi) is 8.37. The number of ether oxygens (including phenoxy) is 3. The van der Waals surface area contributed by atoms with Crippen LogP contribution in [0.5, 0.6) is 11.5 Å². The minimum Gasteiger partial charge on any atom is -0.506 e. The lowest BCUT2D eigenvalue weighted by atomic mass is 10.1. The monoisotopic (exact) mass is 483 g/mol. The Balaban J connectivity index is 1.98. The third kappa shape index (κ3) is 6.20. The molecule has 0 saturated carbocycles. The number of hydrogen-bond donors (Lipinski definition) is 2. The number of aliphatic carboxylic acids is 1. The van der Waals surface area contributed by atoms with Gasteiger partial charge in [-0.15, -0.1) is 0 Å². The molecule has 34 heavy (non-hydrogen) atoms. The molecule has 3 rings (SSSR count). The van der Waals surface area contributed by atoms with E-state index in [9.17, 15) is 14.7 Å². The smallest absolute Gasteiger partial charge is 0.344 e. The molecule has 2 N–H and O–H groups in total. The number of aryl methyl sites for hydroxylation is 1. The van der Waals surface area contributed by atoms with Crippen LogP contribution in [0.1, 0.15) is 25.0 Å². The highest BCUT2D eigenvalue weighted by atomic mass is 32.2. The molecule has 0 spiro atoms.